The molecule has 3 N–H and O–H groups in total. The van der Waals surface area contributed by atoms with E-state index in [-0.39, 0.29) is 11.8 Å². The van der Waals surface area contributed by atoms with Crippen LogP contribution < -0.4 is 16.0 Å². The molecule has 4 rings (SSSR count). The van der Waals surface area contributed by atoms with E-state index in [4.69, 9.17) is 10.5 Å². The smallest absolute Gasteiger partial charge is 0.259 e. The summed E-state index contributed by atoms with van der Waals surface area (Å²) >= 11 is 0. The third-order valence-electron chi connectivity index (χ3n) is 5.38. The lowest BCUT2D eigenvalue weighted by Crippen LogP contribution is -2.26. The Balaban J connectivity index is 1.66. The largest absolute Gasteiger partial charge is 0.399 e. The molecule has 0 saturated heterocycles. The molecule has 0 spiro atoms. The number of imidazole rings is 1. The lowest BCUT2D eigenvalue weighted by atomic mass is 10.2. The van der Waals surface area contributed by atoms with Crippen molar-refractivity contribution in [2.45, 2.75) is 13.0 Å². The van der Waals surface area contributed by atoms with Gasteiger partial charge < -0.3 is 15.4 Å². The van der Waals surface area contributed by atoms with Gasteiger partial charge in [-0.25, -0.2) is 9.97 Å². The number of carbonyl (C=O) groups is 2. The molecule has 9 nitrogen and oxygen atoms in total. The number of hydrogen-bond acceptors (Lipinski definition) is 6. The Morgan fingerprint density at radius 1 is 1.09 bits per heavy atom. The zero-order valence-electron chi connectivity index (χ0n) is 19.1. The maximum absolute atomic E-state index is 13.0. The van der Waals surface area contributed by atoms with E-state index in [0.717, 1.165) is 5.69 Å². The van der Waals surface area contributed by atoms with Gasteiger partial charge in [0.15, 0.2) is 5.65 Å². The second-order valence-electron chi connectivity index (χ2n) is 7.78. The van der Waals surface area contributed by atoms with Crippen molar-refractivity contribution in [1.82, 2.24) is 14.5 Å². The van der Waals surface area contributed by atoms with Gasteiger partial charge in [0.25, 0.3) is 11.8 Å². The van der Waals surface area contributed by atoms with E-state index in [1.807, 2.05) is 34.9 Å². The summed E-state index contributed by atoms with van der Waals surface area (Å²) in [5.41, 5.74) is 8.97. The fraction of sp³-hybridized carbons (Fsp3) is 0.200. The van der Waals surface area contributed by atoms with Gasteiger partial charge in [-0.2, -0.15) is 0 Å². The van der Waals surface area contributed by atoms with Crippen LogP contribution in [0.3, 0.4) is 0 Å². The molecular weight excluding hydrogens is 432 g/mol. The van der Waals surface area contributed by atoms with Crippen LogP contribution in [0.25, 0.3) is 11.2 Å². The van der Waals surface area contributed by atoms with Crippen LogP contribution in [0.15, 0.2) is 66.9 Å². The number of hydrogen-bond donors (Lipinski definition) is 2. The molecule has 2 amide bonds. The first-order valence-corrected chi connectivity index (χ1v) is 10.8. The minimum atomic E-state index is -0.337. The topological polar surface area (TPSA) is 115 Å². The first-order valence-electron chi connectivity index (χ1n) is 10.8. The number of fused-ring (bicyclic) bond motifs is 1. The van der Waals surface area contributed by atoms with Crippen molar-refractivity contribution < 1.29 is 14.3 Å². The number of rotatable bonds is 8. The van der Waals surface area contributed by atoms with Crippen molar-refractivity contribution in [3.8, 4) is 0 Å². The predicted molar refractivity (Wildman–Crippen MR) is 132 cm³/mol. The Morgan fingerprint density at radius 2 is 1.88 bits per heavy atom. The number of nitrogens with two attached hydrogens (primary N) is 1. The maximum Gasteiger partial charge on any atom is 0.259 e. The number of aromatic nitrogens is 3. The third-order valence-corrected chi connectivity index (χ3v) is 5.38. The Kier molecular flexibility index (Phi) is 6.84. The van der Waals surface area contributed by atoms with E-state index in [1.165, 1.54) is 6.20 Å². The summed E-state index contributed by atoms with van der Waals surface area (Å²) in [6.45, 7) is 1.07. The molecule has 4 aromatic rings. The highest BCUT2D eigenvalue weighted by Crippen LogP contribution is 2.22. The molecule has 0 atom stereocenters. The quantitative estimate of drug-likeness (QED) is 0.308. The summed E-state index contributed by atoms with van der Waals surface area (Å²) in [4.78, 5) is 36.5. The van der Waals surface area contributed by atoms with E-state index in [0.29, 0.717) is 53.5 Å². The normalized spacial score (nSPS) is 10.9. The van der Waals surface area contributed by atoms with Gasteiger partial charge in [0, 0.05) is 50.4 Å². The van der Waals surface area contributed by atoms with E-state index in [9.17, 15) is 9.59 Å². The van der Waals surface area contributed by atoms with Crippen LogP contribution in [-0.4, -0.2) is 47.1 Å². The zero-order chi connectivity index (χ0) is 24.1. The minimum Gasteiger partial charge on any atom is -0.399 e. The zero-order valence-corrected chi connectivity index (χ0v) is 19.1. The monoisotopic (exact) mass is 458 g/mol. The molecule has 0 fully saturated rings. The van der Waals surface area contributed by atoms with Crippen LogP contribution in [0.4, 0.5) is 17.3 Å². The summed E-state index contributed by atoms with van der Waals surface area (Å²) < 4.78 is 6.98. The number of ether oxygens (including phenoxy) is 1. The van der Waals surface area contributed by atoms with Crippen LogP contribution in [0.1, 0.15) is 27.1 Å². The molecule has 9 heteroatoms. The fourth-order valence-corrected chi connectivity index (χ4v) is 3.62. The third kappa shape index (κ3) is 4.89. The van der Waals surface area contributed by atoms with Crippen LogP contribution in [0.2, 0.25) is 0 Å². The van der Waals surface area contributed by atoms with Crippen LogP contribution in [0, 0.1) is 0 Å². The number of nitrogens with zero attached hydrogens (tertiary/aromatic N) is 4. The number of para-hydroxylation sites is 1. The number of anilines is 3. The summed E-state index contributed by atoms with van der Waals surface area (Å²) in [5, 5.41) is 2.85. The highest BCUT2D eigenvalue weighted by Gasteiger charge is 2.19. The molecule has 0 saturated carbocycles. The first kappa shape index (κ1) is 22.9. The number of methoxy groups -OCH3 is 1. The van der Waals surface area contributed by atoms with Gasteiger partial charge in [-0.15, -0.1) is 0 Å². The Morgan fingerprint density at radius 3 is 2.62 bits per heavy atom. The van der Waals surface area contributed by atoms with E-state index in [2.05, 4.69) is 15.3 Å². The van der Waals surface area contributed by atoms with Gasteiger partial charge in [0.05, 0.1) is 5.56 Å². The summed E-state index contributed by atoms with van der Waals surface area (Å²) in [5.74, 6) is -0.206. The summed E-state index contributed by atoms with van der Waals surface area (Å²) in [7, 11) is 3.34. The van der Waals surface area contributed by atoms with E-state index >= 15 is 0 Å². The van der Waals surface area contributed by atoms with Crippen molar-refractivity contribution in [1.29, 1.82) is 0 Å². The van der Waals surface area contributed by atoms with Crippen molar-refractivity contribution in [2.75, 3.05) is 36.7 Å². The Hall–Kier alpha value is -4.24. The summed E-state index contributed by atoms with van der Waals surface area (Å²) in [6.07, 6.45) is 2.23. The average Bonchev–Trinajstić information content (AvgIpc) is 3.19. The van der Waals surface area contributed by atoms with Crippen LogP contribution in [0.5, 0.6) is 0 Å². The van der Waals surface area contributed by atoms with Crippen LogP contribution >= 0.6 is 0 Å². The molecule has 0 aliphatic heterocycles. The Bertz CT molecular complexity index is 1320. The molecule has 2 aromatic heterocycles. The number of carbonyl (C=O) groups excluding carboxylic acids is 2. The van der Waals surface area contributed by atoms with Gasteiger partial charge in [0.1, 0.15) is 5.52 Å². The molecule has 2 aromatic carbocycles. The number of pyridine rings is 1. The standard InChI is InChI=1S/C25H26N6O3/c1-30(20-10-4-3-5-11-20)24(33)18-15-21-22(27-16-18)31(12-7-13-34-2)25(28-21)29-23(32)17-8-6-9-19(26)14-17/h3-6,8-11,14-16H,7,12-13,26H2,1-2H3,(H,28,29,32). The van der Waals surface area contributed by atoms with Gasteiger partial charge in [-0.05, 0) is 42.8 Å². The molecule has 0 aliphatic rings. The lowest BCUT2D eigenvalue weighted by molar-refractivity contribution is 0.0990. The van der Waals surface area contributed by atoms with E-state index < -0.39 is 0 Å². The first-order chi connectivity index (χ1) is 16.5. The molecule has 0 radical (unpaired) electrons. The number of nitrogens with one attached hydrogen (secondary N) is 1. The second-order valence-corrected chi connectivity index (χ2v) is 7.78. The number of benzene rings is 2. The van der Waals surface area contributed by atoms with Crippen molar-refractivity contribution in [2.24, 2.45) is 0 Å². The second kappa shape index (κ2) is 10.1. The van der Waals surface area contributed by atoms with Gasteiger partial charge in [-0.3, -0.25) is 19.5 Å². The van der Waals surface area contributed by atoms with Crippen molar-refractivity contribution in [3.05, 3.63) is 78.0 Å². The molecular formula is C25H26N6O3. The van der Waals surface area contributed by atoms with Gasteiger partial charge in [-0.1, -0.05) is 24.3 Å². The number of amides is 2. The van der Waals surface area contributed by atoms with Crippen LogP contribution in [-0.2, 0) is 11.3 Å². The predicted octanol–water partition coefficient (Wildman–Crippen LogP) is 3.58. The molecule has 0 unspecified atom stereocenters. The van der Waals surface area contributed by atoms with E-state index in [1.54, 1.807) is 49.4 Å². The maximum atomic E-state index is 13.0. The SMILES string of the molecule is COCCCn1c(NC(=O)c2cccc(N)c2)nc2cc(C(=O)N(C)c3ccccc3)cnc21. The lowest BCUT2D eigenvalue weighted by Gasteiger charge is -2.17. The minimum absolute atomic E-state index is 0.208. The number of nitrogen functional groups attached to an aromatic ring is 1. The highest BCUT2D eigenvalue weighted by molar-refractivity contribution is 6.07. The number of aryl methyl sites for hydroxylation is 1. The average molecular weight is 459 g/mol. The summed E-state index contributed by atoms with van der Waals surface area (Å²) in [6, 6.07) is 17.8. The van der Waals surface area contributed by atoms with Crippen molar-refractivity contribution in [3.63, 3.8) is 0 Å². The van der Waals surface area contributed by atoms with Gasteiger partial charge >= 0.3 is 0 Å². The molecule has 34 heavy (non-hydrogen) atoms. The Labute approximate surface area is 197 Å². The van der Waals surface area contributed by atoms with Crippen molar-refractivity contribution >= 4 is 40.3 Å². The highest BCUT2D eigenvalue weighted by atomic mass is 16.5. The molecule has 0 aliphatic carbocycles. The molecule has 2 heterocycles. The molecule has 0 bridgehead atoms. The van der Waals surface area contributed by atoms with Gasteiger partial charge in [0.2, 0.25) is 5.95 Å². The molecule has 174 valence electrons. The fourth-order valence-electron chi connectivity index (χ4n) is 3.62.